The van der Waals surface area contributed by atoms with Crippen LogP contribution in [0.15, 0.2) is 35.1 Å². The number of esters is 1. The van der Waals surface area contributed by atoms with E-state index in [0.717, 1.165) is 23.9 Å². The van der Waals surface area contributed by atoms with Crippen molar-refractivity contribution in [3.8, 4) is 0 Å². The van der Waals surface area contributed by atoms with E-state index >= 15 is 0 Å². The molecule has 0 fully saturated rings. The van der Waals surface area contributed by atoms with Gasteiger partial charge >= 0.3 is 11.7 Å². The summed E-state index contributed by atoms with van der Waals surface area (Å²) in [6.45, 7) is 3.09. The molecule has 0 bridgehead atoms. The Morgan fingerprint density at radius 3 is 3.12 bits per heavy atom. The summed E-state index contributed by atoms with van der Waals surface area (Å²) in [6.07, 6.45) is 3.93. The number of carbonyl (C=O) groups excluding carboxylic acids is 1. The molecule has 5 nitrogen and oxygen atoms in total. The highest BCUT2D eigenvalue weighted by Gasteiger charge is 2.21. The molecule has 0 saturated carbocycles. The Morgan fingerprint density at radius 1 is 1.38 bits per heavy atom. The Kier molecular flexibility index (Phi) is 4.68. The first kappa shape index (κ1) is 17.1. The summed E-state index contributed by atoms with van der Waals surface area (Å²) < 4.78 is 7.12. The number of imidazole rings is 1. The Hall–Kier alpha value is -2.34. The molecule has 0 spiro atoms. The van der Waals surface area contributed by atoms with Gasteiger partial charge in [0.15, 0.2) is 0 Å². The van der Waals surface area contributed by atoms with Crippen LogP contribution in [0.2, 0.25) is 0 Å². The zero-order chi connectivity index (χ0) is 18.1. The second-order valence-corrected chi connectivity index (χ2v) is 8.13. The number of carbonyl (C=O) groups is 1. The predicted octanol–water partition coefficient (Wildman–Crippen LogP) is 3.76. The number of para-hydroxylation sites is 2. The summed E-state index contributed by atoms with van der Waals surface area (Å²) in [5.41, 5.74) is 2.89. The van der Waals surface area contributed by atoms with Gasteiger partial charge in [-0.1, -0.05) is 19.1 Å². The van der Waals surface area contributed by atoms with E-state index in [0.29, 0.717) is 30.4 Å². The van der Waals surface area contributed by atoms with E-state index in [9.17, 15) is 9.59 Å². The van der Waals surface area contributed by atoms with Gasteiger partial charge in [-0.05, 0) is 55.4 Å². The number of fused-ring (bicyclic) bond motifs is 2. The van der Waals surface area contributed by atoms with Gasteiger partial charge < -0.3 is 9.72 Å². The number of hydrogen-bond acceptors (Lipinski definition) is 4. The third-order valence-corrected chi connectivity index (χ3v) is 6.19. The molecule has 0 amide bonds. The predicted molar refractivity (Wildman–Crippen MR) is 103 cm³/mol. The molecule has 3 aromatic rings. The number of rotatable bonds is 5. The highest BCUT2D eigenvalue weighted by molar-refractivity contribution is 7.14. The number of ether oxygens (including phenoxy) is 1. The largest absolute Gasteiger partial charge is 0.461 e. The lowest BCUT2D eigenvalue weighted by Crippen LogP contribution is -2.18. The molecule has 1 aromatic carbocycles. The molecule has 1 atom stereocenters. The van der Waals surface area contributed by atoms with Crippen molar-refractivity contribution in [2.45, 2.75) is 39.2 Å². The van der Waals surface area contributed by atoms with Crippen LogP contribution in [0.1, 0.15) is 39.9 Å². The van der Waals surface area contributed by atoms with Crippen LogP contribution in [0.25, 0.3) is 11.0 Å². The first-order valence-corrected chi connectivity index (χ1v) is 9.89. The standard InChI is InChI=1S/C20H22N2O3S/c1-13-7-8-17-14(11-13)12-18(26-17)19(23)25-10-4-9-22-16-6-3-2-5-15(16)21-20(22)24/h2-3,5-6,12-13H,4,7-11H2,1H3,(H,21,24)/t13-/m0/s1. The molecule has 136 valence electrons. The van der Waals surface area contributed by atoms with Crippen molar-refractivity contribution >= 4 is 28.3 Å². The molecule has 2 aromatic heterocycles. The molecule has 1 aliphatic rings. The van der Waals surface area contributed by atoms with Crippen LogP contribution in [0, 0.1) is 5.92 Å². The van der Waals surface area contributed by atoms with Crippen LogP contribution < -0.4 is 5.69 Å². The number of H-pyrrole nitrogens is 1. The SMILES string of the molecule is C[C@H]1CCc2sc(C(=O)OCCCn3c(=O)[nH]c4ccccc43)cc2C1. The van der Waals surface area contributed by atoms with Gasteiger partial charge in [-0.15, -0.1) is 11.3 Å². The first-order chi connectivity index (χ1) is 12.6. The third-order valence-electron chi connectivity index (χ3n) is 4.97. The van der Waals surface area contributed by atoms with Crippen LogP contribution in [0.4, 0.5) is 0 Å². The molecule has 1 N–H and O–H groups in total. The Bertz CT molecular complexity index is 998. The number of thiophene rings is 1. The van der Waals surface area contributed by atoms with E-state index < -0.39 is 0 Å². The molecular weight excluding hydrogens is 348 g/mol. The number of hydrogen-bond donors (Lipinski definition) is 1. The summed E-state index contributed by atoms with van der Waals surface area (Å²) in [5, 5.41) is 0. The number of aromatic amines is 1. The highest BCUT2D eigenvalue weighted by atomic mass is 32.1. The molecule has 0 saturated heterocycles. The van der Waals surface area contributed by atoms with Crippen molar-refractivity contribution in [2.24, 2.45) is 5.92 Å². The lowest BCUT2D eigenvalue weighted by Gasteiger charge is -2.16. The number of nitrogens with one attached hydrogen (secondary N) is 1. The molecule has 6 heteroatoms. The normalized spacial score (nSPS) is 16.6. The summed E-state index contributed by atoms with van der Waals surface area (Å²) in [6, 6.07) is 9.60. The fraction of sp³-hybridized carbons (Fsp3) is 0.400. The minimum Gasteiger partial charge on any atom is -0.461 e. The van der Waals surface area contributed by atoms with E-state index in [1.807, 2.05) is 30.3 Å². The molecule has 0 unspecified atom stereocenters. The lowest BCUT2D eigenvalue weighted by atomic mass is 9.90. The average molecular weight is 370 g/mol. The number of aryl methyl sites for hydroxylation is 2. The zero-order valence-electron chi connectivity index (χ0n) is 14.8. The van der Waals surface area contributed by atoms with Crippen LogP contribution >= 0.6 is 11.3 Å². The third kappa shape index (κ3) is 3.33. The van der Waals surface area contributed by atoms with Gasteiger partial charge in [0, 0.05) is 11.4 Å². The van der Waals surface area contributed by atoms with Crippen molar-refractivity contribution in [1.82, 2.24) is 9.55 Å². The second kappa shape index (κ2) is 7.11. The maximum atomic E-state index is 12.3. The molecule has 0 radical (unpaired) electrons. The Morgan fingerprint density at radius 2 is 2.23 bits per heavy atom. The maximum absolute atomic E-state index is 12.3. The Balaban J connectivity index is 1.34. The minimum atomic E-state index is -0.247. The molecule has 1 aliphatic carbocycles. The van der Waals surface area contributed by atoms with Gasteiger partial charge in [-0.25, -0.2) is 9.59 Å². The zero-order valence-corrected chi connectivity index (χ0v) is 15.6. The summed E-state index contributed by atoms with van der Waals surface area (Å²) >= 11 is 1.57. The van der Waals surface area contributed by atoms with Gasteiger partial charge in [0.2, 0.25) is 0 Å². The van der Waals surface area contributed by atoms with Crippen LogP contribution in [0.5, 0.6) is 0 Å². The number of aromatic nitrogens is 2. The van der Waals surface area contributed by atoms with Gasteiger partial charge in [-0.3, -0.25) is 4.57 Å². The van der Waals surface area contributed by atoms with Crippen molar-refractivity contribution in [1.29, 1.82) is 0 Å². The minimum absolute atomic E-state index is 0.127. The molecule has 26 heavy (non-hydrogen) atoms. The van der Waals surface area contributed by atoms with Crippen LogP contribution in [-0.4, -0.2) is 22.1 Å². The fourth-order valence-corrected chi connectivity index (χ4v) is 4.70. The van der Waals surface area contributed by atoms with Crippen LogP contribution in [-0.2, 0) is 24.1 Å². The average Bonchev–Trinajstić information content (AvgIpc) is 3.18. The summed E-state index contributed by atoms with van der Waals surface area (Å²) in [4.78, 5) is 29.2. The van der Waals surface area contributed by atoms with Gasteiger partial charge in [0.25, 0.3) is 0 Å². The topological polar surface area (TPSA) is 64.1 Å². The number of nitrogens with zero attached hydrogens (tertiary/aromatic N) is 1. The molecule has 4 rings (SSSR count). The first-order valence-electron chi connectivity index (χ1n) is 9.08. The maximum Gasteiger partial charge on any atom is 0.348 e. The number of benzene rings is 1. The Labute approximate surface area is 155 Å². The highest BCUT2D eigenvalue weighted by Crippen LogP contribution is 2.32. The van der Waals surface area contributed by atoms with Crippen molar-refractivity contribution < 1.29 is 9.53 Å². The van der Waals surface area contributed by atoms with Crippen molar-refractivity contribution in [3.05, 3.63) is 56.1 Å². The quantitative estimate of drug-likeness (QED) is 0.549. The fourth-order valence-electron chi connectivity index (χ4n) is 3.59. The van der Waals surface area contributed by atoms with Gasteiger partial charge in [0.1, 0.15) is 4.88 Å². The molecule has 2 heterocycles. The van der Waals surface area contributed by atoms with Gasteiger partial charge in [0.05, 0.1) is 17.6 Å². The van der Waals surface area contributed by atoms with Gasteiger partial charge in [-0.2, -0.15) is 0 Å². The van der Waals surface area contributed by atoms with Crippen molar-refractivity contribution in [3.63, 3.8) is 0 Å². The van der Waals surface area contributed by atoms with E-state index in [1.54, 1.807) is 15.9 Å². The summed E-state index contributed by atoms with van der Waals surface area (Å²) in [7, 11) is 0. The molecular formula is C20H22N2O3S. The van der Waals surface area contributed by atoms with E-state index in [-0.39, 0.29) is 11.7 Å². The molecule has 0 aliphatic heterocycles. The van der Waals surface area contributed by atoms with Crippen molar-refractivity contribution in [2.75, 3.05) is 6.61 Å². The monoisotopic (exact) mass is 370 g/mol. The lowest BCUT2D eigenvalue weighted by molar-refractivity contribution is 0.0501. The second-order valence-electron chi connectivity index (χ2n) is 7.00. The van der Waals surface area contributed by atoms with Crippen LogP contribution in [0.3, 0.4) is 0 Å². The van der Waals surface area contributed by atoms with E-state index in [4.69, 9.17) is 4.74 Å². The summed E-state index contributed by atoms with van der Waals surface area (Å²) in [5.74, 6) is 0.443. The van der Waals surface area contributed by atoms with E-state index in [1.165, 1.54) is 16.9 Å². The van der Waals surface area contributed by atoms with E-state index in [2.05, 4.69) is 11.9 Å². The smallest absolute Gasteiger partial charge is 0.348 e.